The first-order valence-electron chi connectivity index (χ1n) is 8.12. The fourth-order valence-electron chi connectivity index (χ4n) is 2.33. The monoisotopic (exact) mass is 381 g/mol. The highest BCUT2D eigenvalue weighted by atomic mass is 16.6. The number of esters is 1. The molecular weight excluding hydrogens is 366 g/mol. The molecule has 0 aliphatic heterocycles. The van der Waals surface area contributed by atoms with E-state index >= 15 is 0 Å². The first kappa shape index (κ1) is 18.8. The van der Waals surface area contributed by atoms with Crippen LogP contribution < -0.4 is 4.74 Å². The van der Waals surface area contributed by atoms with Gasteiger partial charge in [-0.2, -0.15) is 4.98 Å². The molecule has 28 heavy (non-hydrogen) atoms. The molecule has 9 nitrogen and oxygen atoms in total. The zero-order chi connectivity index (χ0) is 19.9. The van der Waals surface area contributed by atoms with Crippen LogP contribution in [-0.4, -0.2) is 28.1 Å². The number of benzene rings is 2. The van der Waals surface area contributed by atoms with E-state index in [0.717, 1.165) is 6.08 Å². The third-order valence-electron chi connectivity index (χ3n) is 3.67. The van der Waals surface area contributed by atoms with Crippen molar-refractivity contribution in [3.8, 4) is 17.1 Å². The number of nitro groups is 1. The van der Waals surface area contributed by atoms with Crippen LogP contribution in [-0.2, 0) is 16.1 Å². The van der Waals surface area contributed by atoms with Gasteiger partial charge in [0.05, 0.1) is 17.6 Å². The van der Waals surface area contributed by atoms with Crippen molar-refractivity contribution in [1.82, 2.24) is 10.1 Å². The lowest BCUT2D eigenvalue weighted by molar-refractivity contribution is -0.385. The van der Waals surface area contributed by atoms with E-state index in [1.165, 1.54) is 18.2 Å². The molecule has 0 amide bonds. The van der Waals surface area contributed by atoms with E-state index in [0.29, 0.717) is 22.7 Å². The summed E-state index contributed by atoms with van der Waals surface area (Å²) >= 11 is 0. The van der Waals surface area contributed by atoms with Crippen LogP contribution in [0.3, 0.4) is 0 Å². The summed E-state index contributed by atoms with van der Waals surface area (Å²) in [5.74, 6) is 0.403. The number of aromatic nitrogens is 2. The Morgan fingerprint density at radius 2 is 2.07 bits per heavy atom. The Bertz CT molecular complexity index is 1030. The summed E-state index contributed by atoms with van der Waals surface area (Å²) in [6.07, 6.45) is 2.41. The maximum Gasteiger partial charge on any atom is 0.331 e. The van der Waals surface area contributed by atoms with Gasteiger partial charge in [0.25, 0.3) is 11.6 Å². The summed E-state index contributed by atoms with van der Waals surface area (Å²) in [7, 11) is 1.55. The Labute approximate surface area is 159 Å². The topological polar surface area (TPSA) is 118 Å². The zero-order valence-corrected chi connectivity index (χ0v) is 14.8. The lowest BCUT2D eigenvalue weighted by Crippen LogP contribution is -2.01. The van der Waals surface area contributed by atoms with Crippen molar-refractivity contribution in [3.05, 3.63) is 76.2 Å². The quantitative estimate of drug-likeness (QED) is 0.264. The normalized spacial score (nSPS) is 10.8. The van der Waals surface area contributed by atoms with Crippen molar-refractivity contribution in [3.63, 3.8) is 0 Å². The van der Waals surface area contributed by atoms with Crippen molar-refractivity contribution in [2.75, 3.05) is 7.11 Å². The van der Waals surface area contributed by atoms with E-state index in [1.54, 1.807) is 43.5 Å². The number of carbonyl (C=O) groups excluding carboxylic acids is 1. The van der Waals surface area contributed by atoms with Crippen LogP contribution in [0, 0.1) is 10.1 Å². The average Bonchev–Trinajstić information content (AvgIpc) is 3.20. The molecule has 2 aromatic carbocycles. The number of methoxy groups -OCH3 is 1. The standard InChI is InChI=1S/C19H15N3O6/c1-26-15-7-4-6-14(11-15)19-20-17(28-21-19)12-27-18(23)10-9-13-5-2-3-8-16(13)22(24)25/h2-11H,12H2,1H3/b10-9+. The van der Waals surface area contributed by atoms with E-state index in [1.807, 2.05) is 0 Å². The maximum atomic E-state index is 11.8. The first-order chi connectivity index (χ1) is 13.6. The summed E-state index contributed by atoms with van der Waals surface area (Å²) in [6, 6.07) is 13.2. The minimum atomic E-state index is -0.695. The van der Waals surface area contributed by atoms with Gasteiger partial charge in [-0.3, -0.25) is 10.1 Å². The van der Waals surface area contributed by atoms with Crippen LogP contribution in [0.15, 0.2) is 59.1 Å². The minimum Gasteiger partial charge on any atom is -0.497 e. The Morgan fingerprint density at radius 3 is 2.86 bits per heavy atom. The maximum absolute atomic E-state index is 11.8. The van der Waals surface area contributed by atoms with Crippen molar-refractivity contribution in [2.45, 2.75) is 6.61 Å². The predicted octanol–water partition coefficient (Wildman–Crippen LogP) is 3.41. The average molecular weight is 381 g/mol. The SMILES string of the molecule is COc1cccc(-c2noc(COC(=O)/C=C/c3ccccc3[N+](=O)[O-])n2)c1. The van der Waals surface area contributed by atoms with Gasteiger partial charge in [-0.05, 0) is 24.3 Å². The molecule has 0 spiro atoms. The summed E-state index contributed by atoms with van der Waals surface area (Å²) < 4.78 is 15.2. The molecule has 1 aromatic heterocycles. The van der Waals surface area contributed by atoms with Crippen molar-refractivity contribution in [1.29, 1.82) is 0 Å². The van der Waals surface area contributed by atoms with Gasteiger partial charge in [0.1, 0.15) is 5.75 Å². The van der Waals surface area contributed by atoms with Gasteiger partial charge in [0.2, 0.25) is 5.82 Å². The van der Waals surface area contributed by atoms with E-state index < -0.39 is 10.9 Å². The smallest absolute Gasteiger partial charge is 0.331 e. The number of ether oxygens (including phenoxy) is 2. The molecule has 0 N–H and O–H groups in total. The predicted molar refractivity (Wildman–Crippen MR) is 98.2 cm³/mol. The molecular formula is C19H15N3O6. The molecule has 142 valence electrons. The van der Waals surface area contributed by atoms with Crippen LogP contribution in [0.2, 0.25) is 0 Å². The molecule has 0 aliphatic carbocycles. The van der Waals surface area contributed by atoms with Gasteiger partial charge in [-0.1, -0.05) is 29.4 Å². The number of hydrogen-bond donors (Lipinski definition) is 0. The number of nitro benzene ring substituents is 1. The van der Waals surface area contributed by atoms with E-state index in [-0.39, 0.29) is 18.2 Å². The van der Waals surface area contributed by atoms with Crippen molar-refractivity contribution >= 4 is 17.7 Å². The van der Waals surface area contributed by atoms with Gasteiger partial charge in [-0.15, -0.1) is 0 Å². The van der Waals surface area contributed by atoms with Crippen LogP contribution in [0.25, 0.3) is 17.5 Å². The molecule has 3 aromatic rings. The number of rotatable bonds is 7. The summed E-state index contributed by atoms with van der Waals surface area (Å²) in [4.78, 5) is 26.4. The lowest BCUT2D eigenvalue weighted by atomic mass is 10.1. The highest BCUT2D eigenvalue weighted by Gasteiger charge is 2.12. The molecule has 9 heteroatoms. The second-order valence-corrected chi connectivity index (χ2v) is 5.50. The molecule has 0 saturated carbocycles. The van der Waals surface area contributed by atoms with Crippen LogP contribution in [0.1, 0.15) is 11.5 Å². The lowest BCUT2D eigenvalue weighted by Gasteiger charge is -2.00. The molecule has 0 radical (unpaired) electrons. The van der Waals surface area contributed by atoms with Crippen LogP contribution in [0.4, 0.5) is 5.69 Å². The minimum absolute atomic E-state index is 0.105. The van der Waals surface area contributed by atoms with Gasteiger partial charge >= 0.3 is 5.97 Å². The molecule has 3 rings (SSSR count). The van der Waals surface area contributed by atoms with Gasteiger partial charge in [0.15, 0.2) is 6.61 Å². The third kappa shape index (κ3) is 4.58. The number of nitrogens with zero attached hydrogens (tertiary/aromatic N) is 3. The first-order valence-corrected chi connectivity index (χ1v) is 8.12. The Morgan fingerprint density at radius 1 is 1.25 bits per heavy atom. The molecule has 0 aliphatic rings. The zero-order valence-electron chi connectivity index (χ0n) is 14.8. The Balaban J connectivity index is 1.61. The molecule has 0 bridgehead atoms. The second-order valence-electron chi connectivity index (χ2n) is 5.50. The number of carbonyl (C=O) groups is 1. The van der Waals surface area contributed by atoms with E-state index in [4.69, 9.17) is 14.0 Å². The van der Waals surface area contributed by atoms with Crippen LogP contribution >= 0.6 is 0 Å². The fourth-order valence-corrected chi connectivity index (χ4v) is 2.33. The fraction of sp³-hybridized carbons (Fsp3) is 0.105. The highest BCUT2D eigenvalue weighted by molar-refractivity contribution is 5.87. The largest absolute Gasteiger partial charge is 0.497 e. The molecule has 0 saturated heterocycles. The molecule has 0 unspecified atom stereocenters. The van der Waals surface area contributed by atoms with Gasteiger partial charge in [0, 0.05) is 17.7 Å². The van der Waals surface area contributed by atoms with Crippen molar-refractivity contribution < 1.29 is 23.7 Å². The second kappa shape index (κ2) is 8.58. The van der Waals surface area contributed by atoms with E-state index in [9.17, 15) is 14.9 Å². The number of hydrogen-bond acceptors (Lipinski definition) is 8. The third-order valence-corrected chi connectivity index (χ3v) is 3.67. The van der Waals surface area contributed by atoms with Crippen LogP contribution in [0.5, 0.6) is 5.75 Å². The molecule has 0 fully saturated rings. The molecule has 1 heterocycles. The Kier molecular flexibility index (Phi) is 5.75. The summed E-state index contributed by atoms with van der Waals surface area (Å²) in [6.45, 7) is -0.225. The summed E-state index contributed by atoms with van der Waals surface area (Å²) in [5, 5.41) is 14.8. The Hall–Kier alpha value is -4.01. The van der Waals surface area contributed by atoms with Gasteiger partial charge < -0.3 is 14.0 Å². The summed E-state index contributed by atoms with van der Waals surface area (Å²) in [5.41, 5.74) is 0.880. The molecule has 0 atom stereocenters. The highest BCUT2D eigenvalue weighted by Crippen LogP contribution is 2.21. The van der Waals surface area contributed by atoms with E-state index in [2.05, 4.69) is 10.1 Å². The van der Waals surface area contributed by atoms with Crippen molar-refractivity contribution in [2.24, 2.45) is 0 Å². The number of para-hydroxylation sites is 1. The van der Waals surface area contributed by atoms with Gasteiger partial charge in [-0.25, -0.2) is 4.79 Å².